The summed E-state index contributed by atoms with van der Waals surface area (Å²) in [5.41, 5.74) is 0. The SMILES string of the molecule is C1=CCCC1.C=C.C=CC.CC.CCCCCC. The molecular formula is C18H38. The summed E-state index contributed by atoms with van der Waals surface area (Å²) in [6, 6.07) is 0. The van der Waals surface area contributed by atoms with Crippen LogP contribution in [0, 0.1) is 0 Å². The van der Waals surface area contributed by atoms with Crippen LogP contribution in [0.4, 0.5) is 0 Å². The van der Waals surface area contributed by atoms with Gasteiger partial charge in [-0.2, -0.15) is 0 Å². The Bertz CT molecular complexity index is 112. The van der Waals surface area contributed by atoms with Crippen molar-refractivity contribution in [3.8, 4) is 0 Å². The summed E-state index contributed by atoms with van der Waals surface area (Å²) in [6.45, 7) is 19.7. The van der Waals surface area contributed by atoms with Crippen molar-refractivity contribution in [2.75, 3.05) is 0 Å². The lowest BCUT2D eigenvalue weighted by Gasteiger charge is -1.86. The van der Waals surface area contributed by atoms with Gasteiger partial charge in [0, 0.05) is 0 Å². The van der Waals surface area contributed by atoms with Crippen molar-refractivity contribution in [1.82, 2.24) is 0 Å². The minimum Gasteiger partial charge on any atom is -0.106 e. The molecule has 0 fully saturated rings. The van der Waals surface area contributed by atoms with Crippen molar-refractivity contribution in [2.24, 2.45) is 0 Å². The summed E-state index contributed by atoms with van der Waals surface area (Å²) < 4.78 is 0. The van der Waals surface area contributed by atoms with Crippen LogP contribution >= 0.6 is 0 Å². The second kappa shape index (κ2) is 44.2. The van der Waals surface area contributed by atoms with Gasteiger partial charge in [-0.05, 0) is 26.2 Å². The molecule has 0 amide bonds. The fourth-order valence-corrected chi connectivity index (χ4v) is 1.09. The summed E-state index contributed by atoms with van der Waals surface area (Å²) >= 11 is 0. The molecule has 1 aliphatic carbocycles. The van der Waals surface area contributed by atoms with E-state index < -0.39 is 0 Å². The number of hydrogen-bond donors (Lipinski definition) is 0. The Labute approximate surface area is 118 Å². The second-order valence-electron chi connectivity index (χ2n) is 3.52. The molecule has 0 nitrogen and oxygen atoms in total. The normalized spacial score (nSPS) is 10.1. The van der Waals surface area contributed by atoms with Gasteiger partial charge in [0.2, 0.25) is 0 Å². The Morgan fingerprint density at radius 3 is 1.33 bits per heavy atom. The predicted octanol–water partition coefficient (Wildman–Crippen LogP) is 7.33. The molecule has 0 unspecified atom stereocenters. The van der Waals surface area contributed by atoms with Gasteiger partial charge in [-0.3, -0.25) is 0 Å². The molecule has 1 aliphatic rings. The van der Waals surface area contributed by atoms with Crippen molar-refractivity contribution in [3.63, 3.8) is 0 Å². The smallest absolute Gasteiger partial charge is 0.0348 e. The van der Waals surface area contributed by atoms with E-state index in [9.17, 15) is 0 Å². The average Bonchev–Trinajstić information content (AvgIpc) is 3.01. The maximum atomic E-state index is 3.36. The molecule has 0 aromatic heterocycles. The first-order valence-electron chi connectivity index (χ1n) is 7.55. The molecule has 0 spiro atoms. The molecule has 0 aliphatic heterocycles. The molecule has 0 aromatic rings. The predicted molar refractivity (Wildman–Crippen MR) is 91.3 cm³/mol. The van der Waals surface area contributed by atoms with E-state index in [1.165, 1.54) is 44.9 Å². The standard InChI is InChI=1S/C6H14.C5H8.C3H6.C2H6.C2H4/c1-3-5-6-4-2;1-2-4-5-3-1;1-3-2;2*1-2/h3-6H2,1-2H3;1-2H,3-5H2;3H,1H2,2H3;1-2H3;1-2H2. The maximum Gasteiger partial charge on any atom is -0.0348 e. The Kier molecular flexibility index (Phi) is 63.7. The van der Waals surface area contributed by atoms with Gasteiger partial charge in [-0.25, -0.2) is 0 Å². The van der Waals surface area contributed by atoms with Gasteiger partial charge < -0.3 is 0 Å². The quantitative estimate of drug-likeness (QED) is 0.365. The minimum absolute atomic E-state index is 1.32. The van der Waals surface area contributed by atoms with Crippen molar-refractivity contribution in [1.29, 1.82) is 0 Å². The monoisotopic (exact) mass is 254 g/mol. The molecule has 18 heavy (non-hydrogen) atoms. The first-order valence-corrected chi connectivity index (χ1v) is 7.55. The Morgan fingerprint density at radius 2 is 1.22 bits per heavy atom. The lowest BCUT2D eigenvalue weighted by atomic mass is 10.2. The van der Waals surface area contributed by atoms with Crippen LogP contribution < -0.4 is 0 Å². The highest BCUT2D eigenvalue weighted by atomic mass is 13.9. The fraction of sp³-hybridized carbons (Fsp3) is 0.667. The average molecular weight is 255 g/mol. The Morgan fingerprint density at radius 1 is 0.944 bits per heavy atom. The molecule has 0 aromatic carbocycles. The molecule has 0 saturated heterocycles. The van der Waals surface area contributed by atoms with E-state index in [0.717, 1.165) is 0 Å². The third-order valence-electron chi connectivity index (χ3n) is 1.87. The lowest BCUT2D eigenvalue weighted by Crippen LogP contribution is -1.66. The largest absolute Gasteiger partial charge is 0.106 e. The molecule has 1 rings (SSSR count). The molecule has 0 saturated carbocycles. The molecule has 0 heterocycles. The van der Waals surface area contributed by atoms with E-state index in [1.54, 1.807) is 6.08 Å². The fourth-order valence-electron chi connectivity index (χ4n) is 1.09. The van der Waals surface area contributed by atoms with Crippen LogP contribution in [0.5, 0.6) is 0 Å². The summed E-state index contributed by atoms with van der Waals surface area (Å²) in [5, 5.41) is 0. The van der Waals surface area contributed by atoms with Crippen LogP contribution in [-0.2, 0) is 0 Å². The highest BCUT2D eigenvalue weighted by Gasteiger charge is 1.84. The third kappa shape index (κ3) is 59.0. The zero-order valence-electron chi connectivity index (χ0n) is 13.8. The van der Waals surface area contributed by atoms with Gasteiger partial charge in [0.25, 0.3) is 0 Å². The van der Waals surface area contributed by atoms with Gasteiger partial charge in [-0.15, -0.1) is 19.7 Å². The molecule has 0 radical (unpaired) electrons. The van der Waals surface area contributed by atoms with E-state index in [1.807, 2.05) is 20.8 Å². The van der Waals surface area contributed by atoms with Gasteiger partial charge in [0.05, 0.1) is 0 Å². The second-order valence-corrected chi connectivity index (χ2v) is 3.52. The first-order chi connectivity index (χ1) is 8.83. The van der Waals surface area contributed by atoms with Crippen LogP contribution in [0.1, 0.15) is 79.6 Å². The molecule has 0 heteroatoms. The van der Waals surface area contributed by atoms with Crippen LogP contribution in [0.3, 0.4) is 0 Å². The van der Waals surface area contributed by atoms with Gasteiger partial charge in [-0.1, -0.05) is 71.6 Å². The summed E-state index contributed by atoms with van der Waals surface area (Å²) in [5.74, 6) is 0. The van der Waals surface area contributed by atoms with E-state index >= 15 is 0 Å². The maximum absolute atomic E-state index is 3.36. The van der Waals surface area contributed by atoms with Crippen LogP contribution in [0.25, 0.3) is 0 Å². The van der Waals surface area contributed by atoms with E-state index in [2.05, 4.69) is 45.7 Å². The van der Waals surface area contributed by atoms with Crippen molar-refractivity contribution in [2.45, 2.75) is 79.6 Å². The zero-order valence-corrected chi connectivity index (χ0v) is 13.8. The summed E-state index contributed by atoms with van der Waals surface area (Å²) in [6.07, 6.45) is 15.8. The zero-order chi connectivity index (χ0) is 15.1. The van der Waals surface area contributed by atoms with E-state index in [4.69, 9.17) is 0 Å². The highest BCUT2D eigenvalue weighted by molar-refractivity contribution is 4.88. The van der Waals surface area contributed by atoms with Gasteiger partial charge in [0.15, 0.2) is 0 Å². The Balaban J connectivity index is -0.0000000742. The van der Waals surface area contributed by atoms with Crippen LogP contribution in [-0.4, -0.2) is 0 Å². The van der Waals surface area contributed by atoms with Crippen molar-refractivity contribution >= 4 is 0 Å². The topological polar surface area (TPSA) is 0 Å². The number of unbranched alkanes of at least 4 members (excludes halogenated alkanes) is 3. The summed E-state index contributed by atoms with van der Waals surface area (Å²) in [7, 11) is 0. The number of hydrogen-bond acceptors (Lipinski definition) is 0. The molecule has 110 valence electrons. The first kappa shape index (κ1) is 25.9. The molecular weight excluding hydrogens is 216 g/mol. The molecule has 0 atom stereocenters. The van der Waals surface area contributed by atoms with Crippen molar-refractivity contribution < 1.29 is 0 Å². The third-order valence-corrected chi connectivity index (χ3v) is 1.87. The molecule has 0 N–H and O–H groups in total. The molecule has 0 bridgehead atoms. The van der Waals surface area contributed by atoms with Gasteiger partial charge >= 0.3 is 0 Å². The summed E-state index contributed by atoms with van der Waals surface area (Å²) in [4.78, 5) is 0. The lowest BCUT2D eigenvalue weighted by molar-refractivity contribution is 0.702. The Hall–Kier alpha value is -0.780. The van der Waals surface area contributed by atoms with Crippen LogP contribution in [0.2, 0.25) is 0 Å². The van der Waals surface area contributed by atoms with Crippen molar-refractivity contribution in [3.05, 3.63) is 38.0 Å². The highest BCUT2D eigenvalue weighted by Crippen LogP contribution is 2.05. The van der Waals surface area contributed by atoms with E-state index in [0.29, 0.717) is 0 Å². The number of allylic oxidation sites excluding steroid dienone is 3. The van der Waals surface area contributed by atoms with Gasteiger partial charge in [0.1, 0.15) is 0 Å². The van der Waals surface area contributed by atoms with Crippen LogP contribution in [0.15, 0.2) is 38.0 Å². The number of rotatable bonds is 3. The van der Waals surface area contributed by atoms with E-state index in [-0.39, 0.29) is 0 Å². The minimum atomic E-state index is 1.32.